The molecule has 0 saturated carbocycles. The van der Waals surface area contributed by atoms with Crippen LogP contribution in [0.5, 0.6) is 0 Å². The van der Waals surface area contributed by atoms with Crippen molar-refractivity contribution in [2.24, 2.45) is 5.92 Å². The van der Waals surface area contributed by atoms with Gasteiger partial charge in [-0.2, -0.15) is 26.3 Å². The Balaban J connectivity index is 2.33. The lowest BCUT2D eigenvalue weighted by Gasteiger charge is -2.27. The van der Waals surface area contributed by atoms with Gasteiger partial charge in [-0.3, -0.25) is 19.4 Å². The van der Waals surface area contributed by atoms with Crippen LogP contribution in [-0.4, -0.2) is 40.1 Å². The molecule has 0 amide bonds. The molecule has 0 unspecified atom stereocenters. The first kappa shape index (κ1) is 30.8. The third-order valence-corrected chi connectivity index (χ3v) is 5.55. The molecule has 0 aliphatic heterocycles. The Labute approximate surface area is 225 Å². The highest BCUT2D eigenvalue weighted by Crippen LogP contribution is 2.41. The van der Waals surface area contributed by atoms with Crippen LogP contribution in [0, 0.1) is 5.92 Å². The van der Waals surface area contributed by atoms with E-state index in [2.05, 4.69) is 4.98 Å². The summed E-state index contributed by atoms with van der Waals surface area (Å²) < 4.78 is 94.4. The zero-order chi connectivity index (χ0) is 30.4. The molecule has 216 valence electrons. The minimum atomic E-state index is -5.36. The molecule has 0 N–H and O–H groups in total. The number of nitrogens with zero attached hydrogens (tertiary/aromatic N) is 1. The number of alkyl halides is 6. The molecule has 0 atom stereocenters. The number of esters is 2. The standard InChI is InChI=1S/C28H27F6NO5/c1-25(2,3)39-23(37)19(24(38)40-26(4,5)6)11-14-13-35-21-16-10-8-7-9-15(16)17(22(36)28(32,33)34)12-18(21)20(14)27(29,30)31/h7-10,12-13,19H,11H2,1-6H3. The van der Waals surface area contributed by atoms with Gasteiger partial charge in [0.15, 0.2) is 5.92 Å². The molecule has 1 heterocycles. The Morgan fingerprint density at radius 3 is 1.75 bits per heavy atom. The van der Waals surface area contributed by atoms with Gasteiger partial charge in [0.1, 0.15) is 11.2 Å². The second-order valence-electron chi connectivity index (χ2n) is 11.2. The van der Waals surface area contributed by atoms with Crippen LogP contribution in [0.25, 0.3) is 21.7 Å². The number of carbonyl (C=O) groups is 3. The van der Waals surface area contributed by atoms with Crippen LogP contribution in [0.15, 0.2) is 36.5 Å². The van der Waals surface area contributed by atoms with Gasteiger partial charge >= 0.3 is 24.3 Å². The number of rotatable bonds is 5. The van der Waals surface area contributed by atoms with Crippen LogP contribution >= 0.6 is 0 Å². The predicted molar refractivity (Wildman–Crippen MR) is 134 cm³/mol. The average Bonchev–Trinajstić information content (AvgIpc) is 2.77. The van der Waals surface area contributed by atoms with E-state index >= 15 is 0 Å². The normalized spacial score (nSPS) is 13.1. The monoisotopic (exact) mass is 571 g/mol. The number of fused-ring (bicyclic) bond motifs is 3. The highest BCUT2D eigenvalue weighted by Gasteiger charge is 2.43. The Bertz CT molecular complexity index is 1450. The zero-order valence-corrected chi connectivity index (χ0v) is 22.5. The smallest absolute Gasteiger partial charge is 0.454 e. The molecule has 40 heavy (non-hydrogen) atoms. The number of carbonyl (C=O) groups excluding carboxylic acids is 3. The molecule has 0 saturated heterocycles. The average molecular weight is 572 g/mol. The van der Waals surface area contributed by atoms with Gasteiger partial charge in [0.2, 0.25) is 0 Å². The van der Waals surface area contributed by atoms with Crippen molar-refractivity contribution in [3.05, 3.63) is 53.2 Å². The second kappa shape index (κ2) is 10.4. The maximum Gasteiger partial charge on any atom is 0.454 e. The first-order valence-electron chi connectivity index (χ1n) is 12.1. The summed E-state index contributed by atoms with van der Waals surface area (Å²) >= 11 is 0. The lowest BCUT2D eigenvalue weighted by atomic mass is 9.90. The van der Waals surface area contributed by atoms with Gasteiger partial charge in [0.05, 0.1) is 11.1 Å². The maximum absolute atomic E-state index is 14.6. The molecular weight excluding hydrogens is 544 g/mol. The van der Waals surface area contributed by atoms with Gasteiger partial charge < -0.3 is 9.47 Å². The van der Waals surface area contributed by atoms with Gasteiger partial charge in [0, 0.05) is 22.5 Å². The van der Waals surface area contributed by atoms with Gasteiger partial charge in [-0.15, -0.1) is 0 Å². The van der Waals surface area contributed by atoms with E-state index in [1.807, 2.05) is 0 Å². The molecule has 0 aliphatic carbocycles. The van der Waals surface area contributed by atoms with Crippen molar-refractivity contribution in [2.75, 3.05) is 0 Å². The van der Waals surface area contributed by atoms with Crippen molar-refractivity contribution in [1.29, 1.82) is 0 Å². The molecule has 0 bridgehead atoms. The summed E-state index contributed by atoms with van der Waals surface area (Å²) in [6.45, 7) is 9.00. The summed E-state index contributed by atoms with van der Waals surface area (Å²) in [6.07, 6.45) is -10.6. The zero-order valence-electron chi connectivity index (χ0n) is 22.5. The number of pyridine rings is 1. The molecule has 2 aromatic carbocycles. The number of halogens is 6. The van der Waals surface area contributed by atoms with E-state index in [-0.39, 0.29) is 16.3 Å². The van der Waals surface area contributed by atoms with Crippen LogP contribution in [-0.2, 0) is 31.7 Å². The lowest BCUT2D eigenvalue weighted by Crippen LogP contribution is -2.38. The fourth-order valence-electron chi connectivity index (χ4n) is 4.13. The minimum absolute atomic E-state index is 0.111. The molecule has 0 spiro atoms. The van der Waals surface area contributed by atoms with Crippen LogP contribution < -0.4 is 0 Å². The summed E-state index contributed by atoms with van der Waals surface area (Å²) in [6, 6.07) is 5.66. The molecule has 6 nitrogen and oxygen atoms in total. The van der Waals surface area contributed by atoms with Crippen molar-refractivity contribution in [1.82, 2.24) is 4.98 Å². The lowest BCUT2D eigenvalue weighted by molar-refractivity contribution is -0.174. The van der Waals surface area contributed by atoms with Gasteiger partial charge in [-0.25, -0.2) is 0 Å². The molecular formula is C28H27F6NO5. The third kappa shape index (κ3) is 6.89. The van der Waals surface area contributed by atoms with Gasteiger partial charge in [-0.1, -0.05) is 24.3 Å². The summed E-state index contributed by atoms with van der Waals surface area (Å²) in [7, 11) is 0. The topological polar surface area (TPSA) is 82.6 Å². The first-order chi connectivity index (χ1) is 18.1. The fourth-order valence-corrected chi connectivity index (χ4v) is 4.13. The summed E-state index contributed by atoms with van der Waals surface area (Å²) in [4.78, 5) is 42.2. The quantitative estimate of drug-likeness (QED) is 0.108. The number of Topliss-reactive ketones (excluding diaryl/α,β-unsaturated/α-hetero) is 1. The molecule has 0 fully saturated rings. The van der Waals surface area contributed by atoms with Crippen molar-refractivity contribution in [2.45, 2.75) is 71.5 Å². The number of ether oxygens (including phenoxy) is 2. The van der Waals surface area contributed by atoms with Crippen LogP contribution in [0.1, 0.15) is 63.0 Å². The van der Waals surface area contributed by atoms with E-state index in [4.69, 9.17) is 9.47 Å². The Hall–Kier alpha value is -3.70. The molecule has 3 rings (SSSR count). The van der Waals surface area contributed by atoms with Crippen molar-refractivity contribution >= 4 is 39.4 Å². The third-order valence-electron chi connectivity index (χ3n) is 5.55. The van der Waals surface area contributed by atoms with Crippen LogP contribution in [0.2, 0.25) is 0 Å². The molecule has 3 aromatic rings. The Morgan fingerprint density at radius 2 is 1.30 bits per heavy atom. The van der Waals surface area contributed by atoms with E-state index in [0.717, 1.165) is 6.20 Å². The minimum Gasteiger partial charge on any atom is -0.459 e. The first-order valence-corrected chi connectivity index (χ1v) is 12.1. The van der Waals surface area contributed by atoms with Gasteiger partial charge in [-0.05, 0) is 65.0 Å². The van der Waals surface area contributed by atoms with E-state index in [1.165, 1.54) is 65.8 Å². The summed E-state index contributed by atoms with van der Waals surface area (Å²) in [5.41, 5.74) is -5.60. The summed E-state index contributed by atoms with van der Waals surface area (Å²) in [5.74, 6) is -6.48. The Morgan fingerprint density at radius 1 is 0.800 bits per heavy atom. The summed E-state index contributed by atoms with van der Waals surface area (Å²) in [5, 5.41) is -1.13. The van der Waals surface area contributed by atoms with Crippen LogP contribution in [0.3, 0.4) is 0 Å². The number of aromatic nitrogens is 1. The fraction of sp³-hybridized carbons (Fsp3) is 0.429. The van der Waals surface area contributed by atoms with E-state index < -0.39 is 75.7 Å². The van der Waals surface area contributed by atoms with Gasteiger partial charge in [0.25, 0.3) is 5.78 Å². The molecule has 0 radical (unpaired) electrons. The van der Waals surface area contributed by atoms with Crippen molar-refractivity contribution in [3.8, 4) is 0 Å². The number of hydrogen-bond acceptors (Lipinski definition) is 6. The second-order valence-corrected chi connectivity index (χ2v) is 11.2. The largest absolute Gasteiger partial charge is 0.459 e. The van der Waals surface area contributed by atoms with Crippen molar-refractivity contribution in [3.63, 3.8) is 0 Å². The molecule has 1 aromatic heterocycles. The highest BCUT2D eigenvalue weighted by atomic mass is 19.4. The predicted octanol–water partition coefficient (Wildman–Crippen LogP) is 6.99. The van der Waals surface area contributed by atoms with E-state index in [1.54, 1.807) is 0 Å². The van der Waals surface area contributed by atoms with Crippen LogP contribution in [0.4, 0.5) is 26.3 Å². The number of benzene rings is 2. The highest BCUT2D eigenvalue weighted by molar-refractivity contribution is 6.18. The van der Waals surface area contributed by atoms with Crippen molar-refractivity contribution < 1.29 is 50.2 Å². The van der Waals surface area contributed by atoms with E-state index in [9.17, 15) is 40.7 Å². The van der Waals surface area contributed by atoms with E-state index in [0.29, 0.717) is 6.07 Å². The SMILES string of the molecule is CC(C)(C)OC(=O)C(Cc1cnc2c(cc(C(=O)C(F)(F)F)c3ccccc32)c1C(F)(F)F)C(=O)OC(C)(C)C. The number of hydrogen-bond donors (Lipinski definition) is 0. The molecule has 0 aliphatic rings. The molecule has 12 heteroatoms. The number of ketones is 1. The maximum atomic E-state index is 14.6. The Kier molecular flexibility index (Phi) is 7.99.